The van der Waals surface area contributed by atoms with Gasteiger partial charge < -0.3 is 11.5 Å². The van der Waals surface area contributed by atoms with Gasteiger partial charge in [0.15, 0.2) is 0 Å². The molecule has 5 nitrogen and oxygen atoms in total. The molecule has 0 saturated carbocycles. The molecule has 7 heteroatoms. The minimum absolute atomic E-state index is 0.0881. The summed E-state index contributed by atoms with van der Waals surface area (Å²) in [6.45, 7) is 0. The molecule has 2 aromatic rings. The Labute approximate surface area is 136 Å². The highest BCUT2D eigenvalue weighted by Crippen LogP contribution is 2.33. The first-order valence-corrected chi connectivity index (χ1v) is 8.71. The van der Waals surface area contributed by atoms with Crippen molar-refractivity contribution in [3.8, 4) is 0 Å². The fourth-order valence-electron chi connectivity index (χ4n) is 2.17. The van der Waals surface area contributed by atoms with Crippen LogP contribution >= 0.6 is 23.1 Å². The maximum Gasteiger partial charge on any atom is 0.235 e. The van der Waals surface area contributed by atoms with Crippen LogP contribution in [0.3, 0.4) is 0 Å². The summed E-state index contributed by atoms with van der Waals surface area (Å²) in [6.07, 6.45) is 0. The molecular formula is C15H16N4OS2. The second-order valence-electron chi connectivity index (χ2n) is 4.90. The maximum absolute atomic E-state index is 11.2. The number of carbonyl (C=O) groups excluding carboxylic acids is 1. The second kappa shape index (κ2) is 6.51. The predicted octanol–water partition coefficient (Wildman–Crippen LogP) is 1.97. The molecule has 1 aliphatic heterocycles. The van der Waals surface area contributed by atoms with Gasteiger partial charge in [-0.3, -0.25) is 10.1 Å². The highest BCUT2D eigenvalue weighted by Gasteiger charge is 2.28. The first-order chi connectivity index (χ1) is 10.6. The third-order valence-corrected chi connectivity index (χ3v) is 5.50. The van der Waals surface area contributed by atoms with Gasteiger partial charge in [-0.1, -0.05) is 18.2 Å². The van der Waals surface area contributed by atoms with E-state index < -0.39 is 0 Å². The van der Waals surface area contributed by atoms with Gasteiger partial charge in [0.05, 0.1) is 22.0 Å². The Balaban J connectivity index is 1.71. The lowest BCUT2D eigenvalue weighted by Gasteiger charge is -2.11. The number of thioether (sulfide) groups is 1. The quantitative estimate of drug-likeness (QED) is 0.589. The van der Waals surface area contributed by atoms with Gasteiger partial charge in [0.1, 0.15) is 5.84 Å². The van der Waals surface area contributed by atoms with Gasteiger partial charge in [-0.05, 0) is 29.1 Å². The number of nitrogens with one attached hydrogen (secondary N) is 1. The van der Waals surface area contributed by atoms with Gasteiger partial charge in [-0.25, -0.2) is 4.99 Å². The molecule has 0 bridgehead atoms. The van der Waals surface area contributed by atoms with Crippen molar-refractivity contribution in [3.63, 3.8) is 0 Å². The standard InChI is InChI=1S/C15H16N4OS2/c16-13(12-2-1-7-21-12)18-10-5-3-9(4-6-10)15-19-11(8-22-15)14(17)20/h1-7,11,15,19H,8H2,(H2,16,18)(H2,17,20)/t11-,15+/m0/s1. The van der Waals surface area contributed by atoms with E-state index in [2.05, 4.69) is 10.3 Å². The Bertz CT molecular complexity index is 682. The molecule has 1 aromatic carbocycles. The summed E-state index contributed by atoms with van der Waals surface area (Å²) in [7, 11) is 0. The highest BCUT2D eigenvalue weighted by molar-refractivity contribution is 7.99. The van der Waals surface area contributed by atoms with E-state index in [-0.39, 0.29) is 17.3 Å². The summed E-state index contributed by atoms with van der Waals surface area (Å²) in [4.78, 5) is 16.6. The number of nitrogens with zero attached hydrogens (tertiary/aromatic N) is 1. The lowest BCUT2D eigenvalue weighted by Crippen LogP contribution is -2.38. The number of rotatable bonds is 4. The SMILES string of the molecule is NC(=O)[C@@H]1CS[C@H](c2ccc(N=C(N)c3cccs3)cc2)N1. The van der Waals surface area contributed by atoms with Crippen LogP contribution in [0.25, 0.3) is 0 Å². The molecule has 5 N–H and O–H groups in total. The Morgan fingerprint density at radius 3 is 2.59 bits per heavy atom. The highest BCUT2D eigenvalue weighted by atomic mass is 32.2. The number of amides is 1. The number of amidine groups is 1. The lowest BCUT2D eigenvalue weighted by atomic mass is 10.2. The van der Waals surface area contributed by atoms with E-state index in [0.29, 0.717) is 11.6 Å². The number of carbonyl (C=O) groups is 1. The summed E-state index contributed by atoms with van der Waals surface area (Å²) in [5.41, 5.74) is 13.2. The van der Waals surface area contributed by atoms with Gasteiger partial charge in [-0.15, -0.1) is 23.1 Å². The molecule has 2 heterocycles. The Kier molecular flexibility index (Phi) is 4.47. The number of hydrogen-bond donors (Lipinski definition) is 3. The first-order valence-electron chi connectivity index (χ1n) is 6.78. The fourth-order valence-corrected chi connectivity index (χ4v) is 4.05. The predicted molar refractivity (Wildman–Crippen MR) is 92.5 cm³/mol. The Morgan fingerprint density at radius 1 is 1.23 bits per heavy atom. The minimum Gasteiger partial charge on any atom is -0.383 e. The summed E-state index contributed by atoms with van der Waals surface area (Å²) in [6, 6.07) is 11.5. The minimum atomic E-state index is -0.306. The van der Waals surface area contributed by atoms with Crippen molar-refractivity contribution in [3.05, 3.63) is 52.2 Å². The van der Waals surface area contributed by atoms with Crippen molar-refractivity contribution in [1.82, 2.24) is 5.32 Å². The maximum atomic E-state index is 11.2. The summed E-state index contributed by atoms with van der Waals surface area (Å²) in [5.74, 6) is 0.912. The van der Waals surface area contributed by atoms with Crippen LogP contribution in [0.2, 0.25) is 0 Å². The zero-order chi connectivity index (χ0) is 15.5. The van der Waals surface area contributed by atoms with Crippen LogP contribution in [0.15, 0.2) is 46.8 Å². The molecule has 1 aromatic heterocycles. The van der Waals surface area contributed by atoms with Gasteiger partial charge in [0.2, 0.25) is 5.91 Å². The summed E-state index contributed by atoms with van der Waals surface area (Å²) in [5, 5.41) is 5.28. The number of hydrogen-bond acceptors (Lipinski definition) is 5. The third-order valence-electron chi connectivity index (χ3n) is 3.34. The van der Waals surface area contributed by atoms with Crippen molar-refractivity contribution in [2.45, 2.75) is 11.4 Å². The zero-order valence-corrected chi connectivity index (χ0v) is 13.4. The fraction of sp³-hybridized carbons (Fsp3) is 0.200. The molecular weight excluding hydrogens is 316 g/mol. The van der Waals surface area contributed by atoms with Crippen molar-refractivity contribution < 1.29 is 4.79 Å². The van der Waals surface area contributed by atoms with Crippen LogP contribution in [-0.2, 0) is 4.79 Å². The van der Waals surface area contributed by atoms with E-state index in [9.17, 15) is 4.79 Å². The van der Waals surface area contributed by atoms with Crippen molar-refractivity contribution in [2.75, 3.05) is 5.75 Å². The van der Waals surface area contributed by atoms with E-state index in [0.717, 1.165) is 16.1 Å². The van der Waals surface area contributed by atoms with Crippen LogP contribution in [0.1, 0.15) is 15.8 Å². The van der Waals surface area contributed by atoms with Gasteiger partial charge >= 0.3 is 0 Å². The number of thiophene rings is 1. The van der Waals surface area contributed by atoms with Crippen molar-refractivity contribution in [2.24, 2.45) is 16.5 Å². The molecule has 0 spiro atoms. The molecule has 1 amide bonds. The summed E-state index contributed by atoms with van der Waals surface area (Å²) < 4.78 is 0. The molecule has 1 aliphatic rings. The second-order valence-corrected chi connectivity index (χ2v) is 6.99. The molecule has 2 atom stereocenters. The van der Waals surface area contributed by atoms with Crippen LogP contribution in [-0.4, -0.2) is 23.5 Å². The molecule has 22 heavy (non-hydrogen) atoms. The lowest BCUT2D eigenvalue weighted by molar-refractivity contribution is -0.119. The zero-order valence-electron chi connectivity index (χ0n) is 11.7. The molecule has 0 unspecified atom stereocenters. The van der Waals surface area contributed by atoms with Crippen LogP contribution in [0.4, 0.5) is 5.69 Å². The Morgan fingerprint density at radius 2 is 2.00 bits per heavy atom. The van der Waals surface area contributed by atoms with Crippen molar-refractivity contribution in [1.29, 1.82) is 0 Å². The van der Waals surface area contributed by atoms with Gasteiger partial charge in [-0.2, -0.15) is 0 Å². The van der Waals surface area contributed by atoms with Crippen LogP contribution in [0.5, 0.6) is 0 Å². The normalized spacial score (nSPS) is 21.9. The number of benzene rings is 1. The molecule has 0 aliphatic carbocycles. The topological polar surface area (TPSA) is 93.5 Å². The molecule has 1 saturated heterocycles. The van der Waals surface area contributed by atoms with E-state index in [1.54, 1.807) is 23.1 Å². The third kappa shape index (κ3) is 3.32. The summed E-state index contributed by atoms with van der Waals surface area (Å²) >= 11 is 3.24. The number of nitrogens with two attached hydrogens (primary N) is 2. The van der Waals surface area contributed by atoms with Crippen LogP contribution < -0.4 is 16.8 Å². The van der Waals surface area contributed by atoms with Crippen molar-refractivity contribution >= 4 is 40.5 Å². The molecule has 0 radical (unpaired) electrons. The van der Waals surface area contributed by atoms with Gasteiger partial charge in [0, 0.05) is 5.75 Å². The average molecular weight is 332 g/mol. The number of aliphatic imine (C=N–C) groups is 1. The Hall–Kier alpha value is -1.83. The largest absolute Gasteiger partial charge is 0.383 e. The van der Waals surface area contributed by atoms with E-state index in [1.807, 2.05) is 41.8 Å². The van der Waals surface area contributed by atoms with E-state index in [1.165, 1.54) is 0 Å². The monoisotopic (exact) mass is 332 g/mol. The van der Waals surface area contributed by atoms with E-state index in [4.69, 9.17) is 11.5 Å². The molecule has 1 fully saturated rings. The molecule has 3 rings (SSSR count). The molecule has 114 valence electrons. The first kappa shape index (κ1) is 15.1. The average Bonchev–Trinajstić information content (AvgIpc) is 3.20. The van der Waals surface area contributed by atoms with Crippen LogP contribution in [0, 0.1) is 0 Å². The van der Waals surface area contributed by atoms with Gasteiger partial charge in [0.25, 0.3) is 0 Å². The smallest absolute Gasteiger partial charge is 0.235 e. The number of primary amides is 1. The van der Waals surface area contributed by atoms with E-state index >= 15 is 0 Å².